The highest BCUT2D eigenvalue weighted by Crippen LogP contribution is 2.39. The van der Waals surface area contributed by atoms with E-state index in [-0.39, 0.29) is 11.7 Å². The van der Waals surface area contributed by atoms with Crippen LogP contribution in [0.25, 0.3) is 0 Å². The Labute approximate surface area is 207 Å². The first-order chi connectivity index (χ1) is 16.3. The molecule has 1 saturated heterocycles. The van der Waals surface area contributed by atoms with Crippen molar-refractivity contribution in [3.63, 3.8) is 0 Å². The number of fused-ring (bicyclic) bond motifs is 1. The number of carbonyl (C=O) groups is 1. The number of aromatic nitrogens is 2. The Morgan fingerprint density at radius 3 is 2.38 bits per heavy atom. The van der Waals surface area contributed by atoms with E-state index in [1.54, 1.807) is 24.3 Å². The molecular formula is C25H24Cl2FN5O. The Kier molecular flexibility index (Phi) is 6.00. The van der Waals surface area contributed by atoms with Gasteiger partial charge in [0, 0.05) is 43.6 Å². The molecule has 1 N–H and O–H groups in total. The summed E-state index contributed by atoms with van der Waals surface area (Å²) in [6, 6.07) is 13.4. The second-order valence-corrected chi connectivity index (χ2v) is 9.43. The molecule has 0 unspecified atom stereocenters. The molecule has 1 fully saturated rings. The van der Waals surface area contributed by atoms with E-state index in [1.807, 2.05) is 35.6 Å². The molecule has 9 heteroatoms. The molecule has 0 spiro atoms. The molecule has 1 atom stereocenters. The number of hydrogen-bond donors (Lipinski definition) is 1. The lowest BCUT2D eigenvalue weighted by Gasteiger charge is -2.38. The van der Waals surface area contributed by atoms with Gasteiger partial charge in [-0.2, -0.15) is 5.10 Å². The highest BCUT2D eigenvalue weighted by Gasteiger charge is 2.36. The lowest BCUT2D eigenvalue weighted by Crippen LogP contribution is -2.50. The van der Waals surface area contributed by atoms with Crippen LogP contribution in [0.2, 0.25) is 10.0 Å². The van der Waals surface area contributed by atoms with Crippen LogP contribution in [-0.4, -0.2) is 46.8 Å². The fourth-order valence-electron chi connectivity index (χ4n) is 4.65. The molecule has 6 nitrogen and oxygen atoms in total. The SMILES string of the molecule is CC1=C(C(=O)N2CCN(c3ccc(F)cc3)CC2)[C@H](c2ccc(Cl)c(Cl)c2)n2nc(C)cc2N1. The fourth-order valence-corrected chi connectivity index (χ4v) is 4.96. The topological polar surface area (TPSA) is 53.4 Å². The molecule has 2 aromatic carbocycles. The van der Waals surface area contributed by atoms with Crippen molar-refractivity contribution in [2.45, 2.75) is 19.9 Å². The van der Waals surface area contributed by atoms with Gasteiger partial charge in [0.25, 0.3) is 5.91 Å². The minimum absolute atomic E-state index is 0.0429. The number of aryl methyl sites for hydroxylation is 1. The van der Waals surface area contributed by atoms with E-state index in [4.69, 9.17) is 23.2 Å². The number of anilines is 2. The van der Waals surface area contributed by atoms with Gasteiger partial charge in [0.15, 0.2) is 0 Å². The Morgan fingerprint density at radius 1 is 1.00 bits per heavy atom. The van der Waals surface area contributed by atoms with Crippen molar-refractivity contribution < 1.29 is 9.18 Å². The van der Waals surface area contributed by atoms with E-state index in [2.05, 4.69) is 15.3 Å². The van der Waals surface area contributed by atoms with Gasteiger partial charge in [0.1, 0.15) is 17.7 Å². The Bertz CT molecular complexity index is 1280. The van der Waals surface area contributed by atoms with Crippen molar-refractivity contribution in [3.8, 4) is 0 Å². The van der Waals surface area contributed by atoms with E-state index < -0.39 is 6.04 Å². The van der Waals surface area contributed by atoms with Gasteiger partial charge in [-0.3, -0.25) is 4.79 Å². The fraction of sp³-hybridized carbons (Fsp3) is 0.280. The van der Waals surface area contributed by atoms with Gasteiger partial charge in [-0.05, 0) is 55.8 Å². The number of halogens is 3. The van der Waals surface area contributed by atoms with E-state index in [9.17, 15) is 9.18 Å². The molecule has 34 heavy (non-hydrogen) atoms. The molecule has 0 bridgehead atoms. The number of rotatable bonds is 3. The van der Waals surface area contributed by atoms with Gasteiger partial charge in [0.05, 0.1) is 21.3 Å². The highest BCUT2D eigenvalue weighted by atomic mass is 35.5. The maximum atomic E-state index is 13.9. The van der Waals surface area contributed by atoms with Gasteiger partial charge in [-0.25, -0.2) is 9.07 Å². The van der Waals surface area contributed by atoms with Crippen LogP contribution in [0.15, 0.2) is 59.8 Å². The maximum absolute atomic E-state index is 13.9. The van der Waals surface area contributed by atoms with Gasteiger partial charge in [-0.1, -0.05) is 29.3 Å². The minimum Gasteiger partial charge on any atom is -0.368 e. The van der Waals surface area contributed by atoms with Crippen molar-refractivity contribution in [2.24, 2.45) is 0 Å². The van der Waals surface area contributed by atoms with Gasteiger partial charge in [0.2, 0.25) is 0 Å². The van der Waals surface area contributed by atoms with Crippen LogP contribution in [-0.2, 0) is 4.79 Å². The van der Waals surface area contributed by atoms with Crippen molar-refractivity contribution in [1.82, 2.24) is 14.7 Å². The first-order valence-corrected chi connectivity index (χ1v) is 11.9. The Balaban J connectivity index is 1.44. The number of piperazine rings is 1. The van der Waals surface area contributed by atoms with Crippen LogP contribution < -0.4 is 10.2 Å². The van der Waals surface area contributed by atoms with Crippen LogP contribution in [0.4, 0.5) is 15.9 Å². The second kappa shape index (κ2) is 8.96. The number of amides is 1. The second-order valence-electron chi connectivity index (χ2n) is 8.61. The predicted octanol–water partition coefficient (Wildman–Crippen LogP) is 5.28. The third-order valence-corrected chi connectivity index (χ3v) is 7.08. The van der Waals surface area contributed by atoms with Crippen molar-refractivity contribution in [1.29, 1.82) is 0 Å². The molecule has 0 radical (unpaired) electrons. The number of nitrogens with one attached hydrogen (secondary N) is 1. The molecule has 2 aliphatic heterocycles. The van der Waals surface area contributed by atoms with Crippen LogP contribution in [0.3, 0.4) is 0 Å². The lowest BCUT2D eigenvalue weighted by molar-refractivity contribution is -0.128. The molecule has 5 rings (SSSR count). The third-order valence-electron chi connectivity index (χ3n) is 6.34. The molecule has 3 aromatic rings. The van der Waals surface area contributed by atoms with E-state index in [0.29, 0.717) is 41.8 Å². The summed E-state index contributed by atoms with van der Waals surface area (Å²) in [6.45, 7) is 6.29. The minimum atomic E-state index is -0.428. The molecular weight excluding hydrogens is 476 g/mol. The van der Waals surface area contributed by atoms with Gasteiger partial charge < -0.3 is 15.1 Å². The summed E-state index contributed by atoms with van der Waals surface area (Å²) < 4.78 is 15.1. The quantitative estimate of drug-likeness (QED) is 0.532. The van der Waals surface area contributed by atoms with Crippen LogP contribution >= 0.6 is 23.2 Å². The summed E-state index contributed by atoms with van der Waals surface area (Å²) in [7, 11) is 0. The highest BCUT2D eigenvalue weighted by molar-refractivity contribution is 6.42. The number of carbonyl (C=O) groups excluding carboxylic acids is 1. The Hall–Kier alpha value is -3.03. The summed E-state index contributed by atoms with van der Waals surface area (Å²) in [5.41, 5.74) is 4.06. The van der Waals surface area contributed by atoms with E-state index >= 15 is 0 Å². The number of hydrogen-bond acceptors (Lipinski definition) is 4. The first kappa shape index (κ1) is 22.7. The van der Waals surface area contributed by atoms with E-state index in [0.717, 1.165) is 28.5 Å². The number of benzene rings is 2. The van der Waals surface area contributed by atoms with Gasteiger partial charge in [-0.15, -0.1) is 0 Å². The molecule has 1 amide bonds. The summed E-state index contributed by atoms with van der Waals surface area (Å²) in [5.74, 6) is 0.522. The summed E-state index contributed by atoms with van der Waals surface area (Å²) in [6.07, 6.45) is 0. The molecule has 3 heterocycles. The van der Waals surface area contributed by atoms with Gasteiger partial charge >= 0.3 is 0 Å². The third kappa shape index (κ3) is 4.14. The smallest absolute Gasteiger partial charge is 0.254 e. The maximum Gasteiger partial charge on any atom is 0.254 e. The first-order valence-electron chi connectivity index (χ1n) is 11.1. The van der Waals surface area contributed by atoms with Crippen LogP contribution in [0, 0.1) is 12.7 Å². The van der Waals surface area contributed by atoms with E-state index in [1.165, 1.54) is 12.1 Å². The average molecular weight is 500 g/mol. The molecule has 1 aromatic heterocycles. The molecule has 176 valence electrons. The van der Waals surface area contributed by atoms with Crippen molar-refractivity contribution in [2.75, 3.05) is 36.4 Å². The molecule has 2 aliphatic rings. The normalized spacial score (nSPS) is 18.1. The average Bonchev–Trinajstić information content (AvgIpc) is 3.19. The predicted molar refractivity (Wildman–Crippen MR) is 133 cm³/mol. The molecule has 0 aliphatic carbocycles. The summed E-state index contributed by atoms with van der Waals surface area (Å²) in [5, 5.41) is 8.90. The van der Waals surface area contributed by atoms with Crippen LogP contribution in [0.1, 0.15) is 24.2 Å². The monoisotopic (exact) mass is 499 g/mol. The Morgan fingerprint density at radius 2 is 1.71 bits per heavy atom. The standard InChI is InChI=1S/C25H24Cl2FN5O/c1-15-13-22-29-16(2)23(24(33(22)30-15)17-3-8-20(26)21(27)14-17)25(34)32-11-9-31(10-12-32)19-6-4-18(28)5-7-19/h3-8,13-14,24,29H,9-12H2,1-2H3/t24-/m0/s1. The largest absolute Gasteiger partial charge is 0.368 e. The zero-order chi connectivity index (χ0) is 24.0. The van der Waals surface area contributed by atoms with Crippen LogP contribution in [0.5, 0.6) is 0 Å². The summed E-state index contributed by atoms with van der Waals surface area (Å²) in [4.78, 5) is 17.9. The van der Waals surface area contributed by atoms with Crippen molar-refractivity contribution >= 4 is 40.6 Å². The zero-order valence-electron chi connectivity index (χ0n) is 18.9. The van der Waals surface area contributed by atoms with Crippen molar-refractivity contribution in [3.05, 3.63) is 86.9 Å². The number of nitrogens with zero attached hydrogens (tertiary/aromatic N) is 4. The number of allylic oxidation sites excluding steroid dienone is 1. The molecule has 0 saturated carbocycles. The lowest BCUT2D eigenvalue weighted by atomic mass is 9.94. The summed E-state index contributed by atoms with van der Waals surface area (Å²) >= 11 is 12.5. The zero-order valence-corrected chi connectivity index (χ0v) is 20.4.